The van der Waals surface area contributed by atoms with E-state index >= 15 is 0 Å². The summed E-state index contributed by atoms with van der Waals surface area (Å²) < 4.78 is 45.4. The second-order valence-corrected chi connectivity index (χ2v) is 5.62. The predicted molar refractivity (Wildman–Crippen MR) is 88.5 cm³/mol. The smallest absolute Gasteiger partial charge is 0.416 e. The van der Waals surface area contributed by atoms with Crippen molar-refractivity contribution >= 4 is 5.97 Å². The van der Waals surface area contributed by atoms with Gasteiger partial charge in [-0.05, 0) is 18.2 Å². The molecule has 3 rings (SSSR count). The Kier molecular flexibility index (Phi) is 5.06. The number of nitrogens with zero attached hydrogens (tertiary/aromatic N) is 2. The maximum Gasteiger partial charge on any atom is 0.416 e. The third-order valence-electron chi connectivity index (χ3n) is 3.72. The Bertz CT molecular complexity index is 889. The quantitative estimate of drug-likeness (QED) is 0.641. The first-order valence-corrected chi connectivity index (χ1v) is 7.83. The van der Waals surface area contributed by atoms with Gasteiger partial charge in [-0.3, -0.25) is 4.79 Å². The van der Waals surface area contributed by atoms with Gasteiger partial charge in [0, 0.05) is 17.3 Å². The number of benzene rings is 2. The summed E-state index contributed by atoms with van der Waals surface area (Å²) in [5, 5.41) is 4.16. The number of halogens is 3. The van der Waals surface area contributed by atoms with Crippen LogP contribution in [0.3, 0.4) is 0 Å². The molecule has 2 aromatic carbocycles. The summed E-state index contributed by atoms with van der Waals surface area (Å²) in [5.74, 6) is -0.616. The van der Waals surface area contributed by atoms with Gasteiger partial charge in [0.05, 0.1) is 23.9 Å². The van der Waals surface area contributed by atoms with Crippen LogP contribution in [0.5, 0.6) is 0 Å². The molecule has 0 radical (unpaired) electrons. The zero-order valence-corrected chi connectivity index (χ0v) is 13.6. The van der Waals surface area contributed by atoms with Gasteiger partial charge >= 0.3 is 12.1 Å². The van der Waals surface area contributed by atoms with Gasteiger partial charge in [-0.25, -0.2) is 4.68 Å². The highest BCUT2D eigenvalue weighted by atomic mass is 19.4. The summed E-state index contributed by atoms with van der Waals surface area (Å²) >= 11 is 0. The Hall–Kier alpha value is -3.09. The highest BCUT2D eigenvalue weighted by Gasteiger charge is 2.33. The number of rotatable bonds is 5. The lowest BCUT2D eigenvalue weighted by molar-refractivity contribution is -0.147. The van der Waals surface area contributed by atoms with Crippen molar-refractivity contribution in [3.8, 4) is 5.69 Å². The van der Waals surface area contributed by atoms with Crippen LogP contribution in [0.15, 0.2) is 67.0 Å². The molecular formula is C19H15F3N2O2. The van der Waals surface area contributed by atoms with Crippen LogP contribution in [-0.2, 0) is 28.7 Å². The monoisotopic (exact) mass is 360 g/mol. The number of carbonyl (C=O) groups excluding carboxylic acids is 1. The Labute approximate surface area is 147 Å². The zero-order chi connectivity index (χ0) is 18.6. The molecule has 0 saturated heterocycles. The third-order valence-corrected chi connectivity index (χ3v) is 3.72. The summed E-state index contributed by atoms with van der Waals surface area (Å²) in [5.41, 5.74) is 0.576. The standard InChI is InChI=1S/C19H15F3N2O2/c20-19(21,22)17-9-5-4-6-15(17)13-26-18(25)10-14-11-23-24(12-14)16-7-2-1-3-8-16/h1-9,11-12H,10,13H2. The second kappa shape index (κ2) is 7.43. The molecule has 134 valence electrons. The normalized spacial score (nSPS) is 11.3. The minimum atomic E-state index is -4.49. The van der Waals surface area contributed by atoms with E-state index in [9.17, 15) is 18.0 Å². The second-order valence-electron chi connectivity index (χ2n) is 5.62. The van der Waals surface area contributed by atoms with Gasteiger partial charge in [-0.2, -0.15) is 18.3 Å². The molecule has 0 atom stereocenters. The van der Waals surface area contributed by atoms with E-state index in [1.165, 1.54) is 24.4 Å². The molecule has 7 heteroatoms. The molecular weight excluding hydrogens is 345 g/mol. The summed E-state index contributed by atoms with van der Waals surface area (Å²) in [6.45, 7) is -0.429. The molecule has 0 aliphatic rings. The maximum atomic E-state index is 12.9. The molecule has 0 aliphatic carbocycles. The minimum absolute atomic E-state index is 0.0684. The lowest BCUT2D eigenvalue weighted by Crippen LogP contribution is -2.13. The molecule has 1 heterocycles. The van der Waals surface area contributed by atoms with Crippen molar-refractivity contribution in [2.75, 3.05) is 0 Å². The van der Waals surface area contributed by atoms with Gasteiger partial charge in [0.15, 0.2) is 0 Å². The molecule has 0 saturated carbocycles. The van der Waals surface area contributed by atoms with Crippen molar-refractivity contribution in [1.82, 2.24) is 9.78 Å². The van der Waals surface area contributed by atoms with Crippen LogP contribution >= 0.6 is 0 Å². The number of hydrogen-bond acceptors (Lipinski definition) is 3. The van der Waals surface area contributed by atoms with Gasteiger partial charge in [-0.1, -0.05) is 36.4 Å². The van der Waals surface area contributed by atoms with E-state index in [0.29, 0.717) is 5.56 Å². The Morgan fingerprint density at radius 2 is 1.73 bits per heavy atom. The number of alkyl halides is 3. The van der Waals surface area contributed by atoms with Gasteiger partial charge in [0.1, 0.15) is 6.61 Å². The molecule has 0 spiro atoms. The molecule has 0 aliphatic heterocycles. The van der Waals surface area contributed by atoms with E-state index in [0.717, 1.165) is 11.8 Å². The highest BCUT2D eigenvalue weighted by Crippen LogP contribution is 2.32. The number of esters is 1. The van der Waals surface area contributed by atoms with E-state index in [1.54, 1.807) is 10.9 Å². The van der Waals surface area contributed by atoms with Crippen molar-refractivity contribution in [1.29, 1.82) is 0 Å². The SMILES string of the molecule is O=C(Cc1cnn(-c2ccccc2)c1)OCc1ccccc1C(F)(F)F. The predicted octanol–water partition coefficient (Wildman–Crippen LogP) is 4.18. The van der Waals surface area contributed by atoms with Crippen molar-refractivity contribution in [2.45, 2.75) is 19.2 Å². The van der Waals surface area contributed by atoms with Gasteiger partial charge < -0.3 is 4.74 Å². The fraction of sp³-hybridized carbons (Fsp3) is 0.158. The van der Waals surface area contributed by atoms with Crippen LogP contribution in [-0.4, -0.2) is 15.7 Å². The number of ether oxygens (including phenoxy) is 1. The van der Waals surface area contributed by atoms with Crippen molar-refractivity contribution in [3.05, 3.63) is 83.7 Å². The number of aromatic nitrogens is 2. The maximum absolute atomic E-state index is 12.9. The Morgan fingerprint density at radius 3 is 2.46 bits per heavy atom. The third kappa shape index (κ3) is 4.30. The van der Waals surface area contributed by atoms with Crippen LogP contribution in [0.4, 0.5) is 13.2 Å². The minimum Gasteiger partial charge on any atom is -0.461 e. The Balaban J connectivity index is 1.62. The van der Waals surface area contributed by atoms with E-state index in [1.807, 2.05) is 30.3 Å². The average Bonchev–Trinajstić information content (AvgIpc) is 3.09. The molecule has 26 heavy (non-hydrogen) atoms. The molecule has 4 nitrogen and oxygen atoms in total. The van der Waals surface area contributed by atoms with Crippen molar-refractivity contribution in [3.63, 3.8) is 0 Å². The average molecular weight is 360 g/mol. The topological polar surface area (TPSA) is 44.1 Å². The number of para-hydroxylation sites is 1. The van der Waals surface area contributed by atoms with Crippen LogP contribution in [0.25, 0.3) is 5.69 Å². The first-order valence-electron chi connectivity index (χ1n) is 7.83. The zero-order valence-electron chi connectivity index (χ0n) is 13.6. The molecule has 0 N–H and O–H groups in total. The van der Waals surface area contributed by atoms with Crippen LogP contribution in [0, 0.1) is 0 Å². The summed E-state index contributed by atoms with van der Waals surface area (Å²) in [6.07, 6.45) is -1.35. The van der Waals surface area contributed by atoms with E-state index in [4.69, 9.17) is 4.74 Å². The molecule has 0 fully saturated rings. The fourth-order valence-corrected chi connectivity index (χ4v) is 2.47. The lowest BCUT2D eigenvalue weighted by Gasteiger charge is -2.12. The van der Waals surface area contributed by atoms with Crippen molar-refractivity contribution < 1.29 is 22.7 Å². The molecule has 0 unspecified atom stereocenters. The van der Waals surface area contributed by atoms with E-state index in [-0.39, 0.29) is 12.0 Å². The number of hydrogen-bond donors (Lipinski definition) is 0. The van der Waals surface area contributed by atoms with Crippen molar-refractivity contribution in [2.24, 2.45) is 0 Å². The molecule has 0 bridgehead atoms. The summed E-state index contributed by atoms with van der Waals surface area (Å²) in [7, 11) is 0. The lowest BCUT2D eigenvalue weighted by atomic mass is 10.1. The number of carbonyl (C=O) groups is 1. The van der Waals surface area contributed by atoms with Crippen LogP contribution in [0.1, 0.15) is 16.7 Å². The summed E-state index contributed by atoms with van der Waals surface area (Å²) in [4.78, 5) is 12.0. The van der Waals surface area contributed by atoms with Crippen LogP contribution < -0.4 is 0 Å². The first-order chi connectivity index (χ1) is 12.4. The van der Waals surface area contributed by atoms with Gasteiger partial charge in [0.2, 0.25) is 0 Å². The highest BCUT2D eigenvalue weighted by molar-refractivity contribution is 5.72. The molecule has 1 aromatic heterocycles. The van der Waals surface area contributed by atoms with Gasteiger partial charge in [-0.15, -0.1) is 0 Å². The first kappa shape index (κ1) is 17.7. The fourth-order valence-electron chi connectivity index (χ4n) is 2.47. The van der Waals surface area contributed by atoms with Gasteiger partial charge in [0.25, 0.3) is 0 Å². The molecule has 0 amide bonds. The van der Waals surface area contributed by atoms with Crippen LogP contribution in [0.2, 0.25) is 0 Å². The Morgan fingerprint density at radius 1 is 1.04 bits per heavy atom. The van der Waals surface area contributed by atoms with E-state index in [2.05, 4.69) is 5.10 Å². The summed E-state index contributed by atoms with van der Waals surface area (Å²) in [6, 6.07) is 14.4. The molecule has 3 aromatic rings. The largest absolute Gasteiger partial charge is 0.461 e. The van der Waals surface area contributed by atoms with E-state index < -0.39 is 24.3 Å².